The molecule has 1 N–H and O–H groups in total. The molecule has 100 valence electrons. The number of pyridine rings is 1. The number of fused-ring (bicyclic) bond motifs is 1. The molecule has 0 aliphatic rings. The zero-order valence-corrected chi connectivity index (χ0v) is 11.2. The van der Waals surface area contributed by atoms with Crippen molar-refractivity contribution in [3.63, 3.8) is 0 Å². The van der Waals surface area contributed by atoms with Gasteiger partial charge in [0, 0.05) is 23.7 Å². The first-order valence-corrected chi connectivity index (χ1v) is 6.49. The van der Waals surface area contributed by atoms with E-state index < -0.39 is 0 Å². The third-order valence-corrected chi connectivity index (χ3v) is 3.22. The lowest BCUT2D eigenvalue weighted by atomic mass is 10.2. The average Bonchev–Trinajstić information content (AvgIpc) is 2.42. The molecule has 1 atom stereocenters. The van der Waals surface area contributed by atoms with Crippen molar-refractivity contribution in [2.45, 2.75) is 32.9 Å². The Balaban J connectivity index is 2.29. The predicted molar refractivity (Wildman–Crippen MR) is 76.1 cm³/mol. The Morgan fingerprint density at radius 3 is 2.79 bits per heavy atom. The average molecular weight is 258 g/mol. The number of nitrogens with one attached hydrogen (secondary N) is 1. The Kier molecular flexibility index (Phi) is 4.00. The van der Waals surface area contributed by atoms with E-state index in [1.807, 2.05) is 32.0 Å². The van der Waals surface area contributed by atoms with Gasteiger partial charge in [0.1, 0.15) is 6.54 Å². The van der Waals surface area contributed by atoms with Gasteiger partial charge < -0.3 is 9.88 Å². The Bertz CT molecular complexity index is 646. The number of amides is 1. The molecule has 4 heteroatoms. The molecule has 19 heavy (non-hydrogen) atoms. The highest BCUT2D eigenvalue weighted by Crippen LogP contribution is 2.09. The standard InChI is InChI=1S/C15H18N2O2/c1-3-11(2)16-15(19)10-17-9-8-14(18)12-6-4-5-7-13(12)17/h4-9,11H,3,10H2,1-2H3,(H,16,19). The second kappa shape index (κ2) is 5.69. The Hall–Kier alpha value is -2.10. The molecule has 0 aliphatic heterocycles. The monoisotopic (exact) mass is 258 g/mol. The number of carbonyl (C=O) groups is 1. The van der Waals surface area contributed by atoms with E-state index in [0.717, 1.165) is 11.9 Å². The van der Waals surface area contributed by atoms with Crippen LogP contribution in [0.5, 0.6) is 0 Å². The van der Waals surface area contributed by atoms with Crippen LogP contribution in [0.4, 0.5) is 0 Å². The van der Waals surface area contributed by atoms with Gasteiger partial charge in [0.2, 0.25) is 5.91 Å². The molecule has 4 nitrogen and oxygen atoms in total. The van der Waals surface area contributed by atoms with Gasteiger partial charge in [-0.25, -0.2) is 0 Å². The molecule has 0 saturated carbocycles. The molecule has 2 aromatic rings. The fourth-order valence-electron chi connectivity index (χ4n) is 1.98. The number of hydrogen-bond donors (Lipinski definition) is 1. The van der Waals surface area contributed by atoms with Gasteiger partial charge in [-0.15, -0.1) is 0 Å². The van der Waals surface area contributed by atoms with Crippen molar-refractivity contribution < 1.29 is 4.79 Å². The van der Waals surface area contributed by atoms with E-state index in [2.05, 4.69) is 5.32 Å². The van der Waals surface area contributed by atoms with Crippen molar-refractivity contribution in [2.24, 2.45) is 0 Å². The van der Waals surface area contributed by atoms with Crippen molar-refractivity contribution in [1.29, 1.82) is 0 Å². The molecule has 0 spiro atoms. The third-order valence-electron chi connectivity index (χ3n) is 3.22. The van der Waals surface area contributed by atoms with Crippen LogP contribution in [-0.2, 0) is 11.3 Å². The summed E-state index contributed by atoms with van der Waals surface area (Å²) in [6.45, 7) is 4.23. The van der Waals surface area contributed by atoms with Gasteiger partial charge >= 0.3 is 0 Å². The van der Waals surface area contributed by atoms with E-state index in [9.17, 15) is 9.59 Å². The Morgan fingerprint density at radius 2 is 2.05 bits per heavy atom. The summed E-state index contributed by atoms with van der Waals surface area (Å²) in [5.74, 6) is -0.0387. The largest absolute Gasteiger partial charge is 0.352 e. The second-order valence-corrected chi connectivity index (χ2v) is 4.70. The van der Waals surface area contributed by atoms with E-state index in [4.69, 9.17) is 0 Å². The molecular weight excluding hydrogens is 240 g/mol. The van der Waals surface area contributed by atoms with Crippen LogP contribution in [0.3, 0.4) is 0 Å². The van der Waals surface area contributed by atoms with Gasteiger partial charge in [0.05, 0.1) is 5.52 Å². The summed E-state index contributed by atoms with van der Waals surface area (Å²) in [5.41, 5.74) is 0.767. The number of hydrogen-bond acceptors (Lipinski definition) is 2. The molecule has 0 bridgehead atoms. The number of benzene rings is 1. The van der Waals surface area contributed by atoms with E-state index in [0.29, 0.717) is 5.39 Å². The van der Waals surface area contributed by atoms with Crippen molar-refractivity contribution in [2.75, 3.05) is 0 Å². The van der Waals surface area contributed by atoms with Gasteiger partial charge in [-0.1, -0.05) is 19.1 Å². The van der Waals surface area contributed by atoms with Crippen molar-refractivity contribution in [3.8, 4) is 0 Å². The highest BCUT2D eigenvalue weighted by molar-refractivity contribution is 5.82. The number of nitrogens with zero attached hydrogens (tertiary/aromatic N) is 1. The number of para-hydroxylation sites is 1. The lowest BCUT2D eigenvalue weighted by molar-refractivity contribution is -0.122. The van der Waals surface area contributed by atoms with Gasteiger partial charge in [0.15, 0.2) is 5.43 Å². The zero-order chi connectivity index (χ0) is 13.8. The van der Waals surface area contributed by atoms with Gasteiger partial charge in [0.25, 0.3) is 0 Å². The fourth-order valence-corrected chi connectivity index (χ4v) is 1.98. The molecule has 0 radical (unpaired) electrons. The Morgan fingerprint density at radius 1 is 1.32 bits per heavy atom. The minimum absolute atomic E-state index is 0.0193. The normalized spacial score (nSPS) is 12.3. The van der Waals surface area contributed by atoms with E-state index in [1.165, 1.54) is 6.07 Å². The smallest absolute Gasteiger partial charge is 0.240 e. The topological polar surface area (TPSA) is 51.1 Å². The highest BCUT2D eigenvalue weighted by atomic mass is 16.2. The predicted octanol–water partition coefficient (Wildman–Crippen LogP) is 1.92. The molecule has 0 aliphatic carbocycles. The summed E-state index contributed by atoms with van der Waals surface area (Å²) in [7, 11) is 0. The minimum atomic E-state index is -0.0387. The van der Waals surface area contributed by atoms with Gasteiger partial charge in [-0.2, -0.15) is 0 Å². The first-order chi connectivity index (χ1) is 9.11. The summed E-state index contributed by atoms with van der Waals surface area (Å²) >= 11 is 0. The second-order valence-electron chi connectivity index (χ2n) is 4.70. The van der Waals surface area contributed by atoms with E-state index in [1.54, 1.807) is 16.8 Å². The Labute approximate surface area is 112 Å². The van der Waals surface area contributed by atoms with Crippen LogP contribution < -0.4 is 10.7 Å². The molecule has 1 aromatic heterocycles. The molecule has 0 saturated heterocycles. The maximum absolute atomic E-state index is 11.9. The lowest BCUT2D eigenvalue weighted by Gasteiger charge is -2.14. The zero-order valence-electron chi connectivity index (χ0n) is 11.2. The summed E-state index contributed by atoms with van der Waals surface area (Å²) in [5, 5.41) is 3.56. The maximum atomic E-state index is 11.9. The molecule has 1 unspecified atom stereocenters. The van der Waals surface area contributed by atoms with Crippen LogP contribution in [0, 0.1) is 0 Å². The molecular formula is C15H18N2O2. The summed E-state index contributed by atoms with van der Waals surface area (Å²) in [6.07, 6.45) is 2.57. The van der Waals surface area contributed by atoms with Gasteiger partial charge in [-0.05, 0) is 25.5 Å². The quantitative estimate of drug-likeness (QED) is 0.910. The fraction of sp³-hybridized carbons (Fsp3) is 0.333. The maximum Gasteiger partial charge on any atom is 0.240 e. The van der Waals surface area contributed by atoms with Crippen molar-refractivity contribution >= 4 is 16.8 Å². The van der Waals surface area contributed by atoms with Crippen LogP contribution >= 0.6 is 0 Å². The summed E-state index contributed by atoms with van der Waals surface area (Å²) in [4.78, 5) is 23.6. The first-order valence-electron chi connectivity index (χ1n) is 6.49. The molecule has 1 heterocycles. The van der Waals surface area contributed by atoms with E-state index >= 15 is 0 Å². The minimum Gasteiger partial charge on any atom is -0.352 e. The molecule has 1 amide bonds. The SMILES string of the molecule is CCC(C)NC(=O)Cn1ccc(=O)c2ccccc21. The van der Waals surface area contributed by atoms with Crippen molar-refractivity contribution in [1.82, 2.24) is 9.88 Å². The third kappa shape index (κ3) is 3.02. The lowest BCUT2D eigenvalue weighted by Crippen LogP contribution is -2.34. The van der Waals surface area contributed by atoms with Gasteiger partial charge in [-0.3, -0.25) is 9.59 Å². The molecule has 1 aromatic carbocycles. The number of aromatic nitrogens is 1. The number of rotatable bonds is 4. The summed E-state index contributed by atoms with van der Waals surface area (Å²) < 4.78 is 1.80. The van der Waals surface area contributed by atoms with Crippen LogP contribution in [0.15, 0.2) is 41.3 Å². The van der Waals surface area contributed by atoms with Crippen LogP contribution in [0.25, 0.3) is 10.9 Å². The van der Waals surface area contributed by atoms with Crippen molar-refractivity contribution in [3.05, 3.63) is 46.8 Å². The van der Waals surface area contributed by atoms with Crippen LogP contribution in [-0.4, -0.2) is 16.5 Å². The van der Waals surface area contributed by atoms with Crippen LogP contribution in [0.2, 0.25) is 0 Å². The van der Waals surface area contributed by atoms with Crippen LogP contribution in [0.1, 0.15) is 20.3 Å². The van der Waals surface area contributed by atoms with E-state index in [-0.39, 0.29) is 23.9 Å². The molecule has 0 fully saturated rings. The first kappa shape index (κ1) is 13.3. The highest BCUT2D eigenvalue weighted by Gasteiger charge is 2.08. The molecule has 2 rings (SSSR count). The summed E-state index contributed by atoms with van der Waals surface area (Å²) in [6, 6.07) is 8.99. The number of carbonyl (C=O) groups excluding carboxylic acids is 1.